The molecule has 0 saturated heterocycles. The quantitative estimate of drug-likeness (QED) is 0.406. The summed E-state index contributed by atoms with van der Waals surface area (Å²) in [5, 5.41) is 9.81. The van der Waals surface area contributed by atoms with Crippen LogP contribution in [0.15, 0.2) is 24.3 Å². The summed E-state index contributed by atoms with van der Waals surface area (Å²) in [6.07, 6.45) is 1.72. The molecule has 4 N–H and O–H groups in total. The number of guanidine groups is 1. The Labute approximate surface area is 99.4 Å². The number of halogens is 1. The number of benzene rings is 1. The van der Waals surface area contributed by atoms with Crippen LogP contribution in [0.3, 0.4) is 0 Å². The van der Waals surface area contributed by atoms with Gasteiger partial charge in [0.25, 0.3) is 0 Å². The van der Waals surface area contributed by atoms with Gasteiger partial charge in [-0.1, -0.05) is 24.3 Å². The average molecular weight is 241 g/mol. The van der Waals surface area contributed by atoms with Gasteiger partial charge in [0.05, 0.1) is 0 Å². The van der Waals surface area contributed by atoms with Crippen LogP contribution in [0, 0.1) is 5.41 Å². The molecule has 1 rings (SSSR count). The zero-order chi connectivity index (χ0) is 11.8. The maximum Gasteiger partial charge on any atom is 0.185 e. The van der Waals surface area contributed by atoms with Crippen LogP contribution in [0.5, 0.6) is 0 Å². The molecule has 0 heterocycles. The molecule has 0 aliphatic rings. The molecule has 0 radical (unpaired) electrons. The predicted octanol–water partition coefficient (Wildman–Crippen LogP) is 2.22. The molecule has 0 atom stereocenters. The van der Waals surface area contributed by atoms with Crippen molar-refractivity contribution in [1.29, 1.82) is 5.41 Å². The number of nitrogens with two attached hydrogens (primary N) is 1. The maximum absolute atomic E-state index is 11.9. The fraction of sp³-hybridized carbons (Fsp3) is 0.364. The normalized spacial score (nSPS) is 10.1. The number of aryl methyl sites for hydroxylation is 1. The van der Waals surface area contributed by atoms with Crippen molar-refractivity contribution in [2.24, 2.45) is 5.73 Å². The van der Waals surface area contributed by atoms with Crippen LogP contribution in [0.4, 0.5) is 3.89 Å². The molecule has 88 valence electrons. The Morgan fingerprint density at radius 2 is 2.19 bits per heavy atom. The van der Waals surface area contributed by atoms with E-state index in [1.807, 2.05) is 18.2 Å². The molecular formula is C11H16FN3S. The van der Waals surface area contributed by atoms with E-state index in [4.69, 9.17) is 11.1 Å². The highest BCUT2D eigenvalue weighted by Gasteiger charge is 1.97. The Morgan fingerprint density at radius 3 is 2.88 bits per heavy atom. The first-order chi connectivity index (χ1) is 7.72. The fourth-order valence-corrected chi connectivity index (χ4v) is 1.68. The molecule has 1 aromatic carbocycles. The third kappa shape index (κ3) is 5.02. The predicted molar refractivity (Wildman–Crippen MR) is 67.1 cm³/mol. The molecule has 0 spiro atoms. The number of hydrogen-bond acceptors (Lipinski definition) is 2. The number of hydrogen-bond donors (Lipinski definition) is 3. The molecular weight excluding hydrogens is 225 g/mol. The molecule has 3 nitrogen and oxygen atoms in total. The van der Waals surface area contributed by atoms with E-state index in [2.05, 4.69) is 11.4 Å². The van der Waals surface area contributed by atoms with Crippen molar-refractivity contribution < 1.29 is 3.89 Å². The van der Waals surface area contributed by atoms with Gasteiger partial charge in [-0.3, -0.25) is 5.41 Å². The highest BCUT2D eigenvalue weighted by molar-refractivity contribution is 7.94. The van der Waals surface area contributed by atoms with E-state index in [1.54, 1.807) is 0 Å². The van der Waals surface area contributed by atoms with Crippen molar-refractivity contribution in [2.75, 3.05) is 5.75 Å². The molecule has 0 fully saturated rings. The lowest BCUT2D eigenvalue weighted by molar-refractivity contribution is 0.872. The van der Waals surface area contributed by atoms with E-state index in [0.717, 1.165) is 18.4 Å². The summed E-state index contributed by atoms with van der Waals surface area (Å²) in [5.74, 6) is 0.509. The summed E-state index contributed by atoms with van der Waals surface area (Å²) >= 11 is 0.382. The van der Waals surface area contributed by atoms with Crippen LogP contribution >= 0.6 is 12.1 Å². The van der Waals surface area contributed by atoms with Crippen molar-refractivity contribution in [3.05, 3.63) is 35.4 Å². The van der Waals surface area contributed by atoms with Crippen LogP contribution in [0.1, 0.15) is 17.5 Å². The van der Waals surface area contributed by atoms with Crippen LogP contribution < -0.4 is 11.1 Å². The van der Waals surface area contributed by atoms with Crippen molar-refractivity contribution in [3.8, 4) is 0 Å². The average Bonchev–Trinajstić information content (AvgIpc) is 2.27. The maximum atomic E-state index is 11.9. The Balaban J connectivity index is 2.46. The van der Waals surface area contributed by atoms with Gasteiger partial charge in [-0.25, -0.2) is 0 Å². The monoisotopic (exact) mass is 241 g/mol. The molecule has 1 aromatic rings. The zero-order valence-corrected chi connectivity index (χ0v) is 9.82. The second kappa shape index (κ2) is 7.11. The molecule has 16 heavy (non-hydrogen) atoms. The zero-order valence-electron chi connectivity index (χ0n) is 9.00. The van der Waals surface area contributed by atoms with Crippen molar-refractivity contribution in [2.45, 2.75) is 19.4 Å². The van der Waals surface area contributed by atoms with Gasteiger partial charge in [-0.05, 0) is 24.0 Å². The number of nitrogens with one attached hydrogen (secondary N) is 2. The van der Waals surface area contributed by atoms with Crippen LogP contribution in [0.25, 0.3) is 0 Å². The second-order valence-corrected chi connectivity index (χ2v) is 4.13. The summed E-state index contributed by atoms with van der Waals surface area (Å²) in [5.41, 5.74) is 7.48. The third-order valence-corrected chi connectivity index (χ3v) is 2.60. The molecule has 0 aromatic heterocycles. The lowest BCUT2D eigenvalue weighted by Crippen LogP contribution is -2.29. The Morgan fingerprint density at radius 1 is 1.44 bits per heavy atom. The van der Waals surface area contributed by atoms with E-state index < -0.39 is 0 Å². The van der Waals surface area contributed by atoms with Gasteiger partial charge in [0.2, 0.25) is 0 Å². The lowest BCUT2D eigenvalue weighted by atomic mass is 10.1. The van der Waals surface area contributed by atoms with Gasteiger partial charge >= 0.3 is 0 Å². The molecule has 0 amide bonds. The first-order valence-corrected chi connectivity index (χ1v) is 6.00. The second-order valence-electron chi connectivity index (χ2n) is 3.50. The molecule has 0 aliphatic carbocycles. The highest BCUT2D eigenvalue weighted by Crippen LogP contribution is 2.10. The summed E-state index contributed by atoms with van der Waals surface area (Å²) in [6.45, 7) is 0.557. The van der Waals surface area contributed by atoms with Gasteiger partial charge in [0.15, 0.2) is 5.96 Å². The van der Waals surface area contributed by atoms with Gasteiger partial charge in [-0.2, -0.15) is 3.89 Å². The molecule has 0 aliphatic heterocycles. The molecule has 5 heteroatoms. The Bertz CT molecular complexity index is 344. The van der Waals surface area contributed by atoms with E-state index in [-0.39, 0.29) is 5.96 Å². The SMILES string of the molecule is N=C(N)NCc1cccc(CCCSF)c1. The van der Waals surface area contributed by atoms with Gasteiger partial charge in [-0.15, -0.1) is 0 Å². The van der Waals surface area contributed by atoms with Gasteiger partial charge in [0, 0.05) is 24.4 Å². The Hall–Kier alpha value is -1.23. The smallest absolute Gasteiger partial charge is 0.185 e. The summed E-state index contributed by atoms with van der Waals surface area (Å²) in [6, 6.07) is 8.03. The molecule has 0 unspecified atom stereocenters. The van der Waals surface area contributed by atoms with E-state index in [9.17, 15) is 3.89 Å². The number of rotatable bonds is 6. The topological polar surface area (TPSA) is 61.9 Å². The minimum atomic E-state index is -0.0285. The van der Waals surface area contributed by atoms with Crippen LogP contribution in [-0.4, -0.2) is 11.7 Å². The van der Waals surface area contributed by atoms with Crippen molar-refractivity contribution >= 4 is 18.1 Å². The van der Waals surface area contributed by atoms with Crippen molar-refractivity contribution in [3.63, 3.8) is 0 Å². The minimum absolute atomic E-state index is 0.0285. The van der Waals surface area contributed by atoms with Gasteiger partial charge < -0.3 is 11.1 Å². The van der Waals surface area contributed by atoms with E-state index in [0.29, 0.717) is 24.4 Å². The van der Waals surface area contributed by atoms with Crippen LogP contribution in [0.2, 0.25) is 0 Å². The van der Waals surface area contributed by atoms with E-state index >= 15 is 0 Å². The standard InChI is InChI=1S/C11H16FN3S/c12-16-6-2-5-9-3-1-4-10(7-9)8-15-11(13)14/h1,3-4,7H,2,5-6,8H2,(H4,13,14,15). The first-order valence-electron chi connectivity index (χ1n) is 5.11. The third-order valence-electron chi connectivity index (χ3n) is 2.16. The first kappa shape index (κ1) is 12.8. The minimum Gasteiger partial charge on any atom is -0.370 e. The summed E-state index contributed by atoms with van der Waals surface area (Å²) < 4.78 is 11.9. The van der Waals surface area contributed by atoms with Crippen molar-refractivity contribution in [1.82, 2.24) is 5.32 Å². The molecule has 0 saturated carbocycles. The van der Waals surface area contributed by atoms with E-state index in [1.165, 1.54) is 5.56 Å². The van der Waals surface area contributed by atoms with Crippen LogP contribution in [-0.2, 0) is 13.0 Å². The molecule has 0 bridgehead atoms. The largest absolute Gasteiger partial charge is 0.370 e. The Kier molecular flexibility index (Phi) is 5.71. The lowest BCUT2D eigenvalue weighted by Gasteiger charge is -2.06. The summed E-state index contributed by atoms with van der Waals surface area (Å²) in [4.78, 5) is 0. The summed E-state index contributed by atoms with van der Waals surface area (Å²) in [7, 11) is 0. The van der Waals surface area contributed by atoms with Gasteiger partial charge in [0.1, 0.15) is 0 Å². The fourth-order valence-electron chi connectivity index (χ4n) is 1.42. The highest BCUT2D eigenvalue weighted by atomic mass is 32.2.